The number of aromatic amines is 1. The molecule has 0 saturated heterocycles. The van der Waals surface area contributed by atoms with Crippen LogP contribution in [0.5, 0.6) is 0 Å². The van der Waals surface area contributed by atoms with Crippen molar-refractivity contribution in [2.24, 2.45) is 0 Å². The number of carbonyl (C=O) groups is 1. The molecule has 2 aromatic carbocycles. The second-order valence-electron chi connectivity index (χ2n) is 4.39. The van der Waals surface area contributed by atoms with E-state index in [9.17, 15) is 4.79 Å². The molecule has 2 nitrogen and oxygen atoms in total. The topological polar surface area (TPSA) is 32.9 Å². The Morgan fingerprint density at radius 2 is 1.82 bits per heavy atom. The number of hydrogen-bond donors (Lipinski definition) is 1. The van der Waals surface area contributed by atoms with Crippen LogP contribution < -0.4 is 0 Å². The summed E-state index contributed by atoms with van der Waals surface area (Å²) < 4.78 is 0. The lowest BCUT2D eigenvalue weighted by molar-refractivity contribution is -0.116. The van der Waals surface area contributed by atoms with Crippen molar-refractivity contribution in [3.8, 4) is 0 Å². The summed E-state index contributed by atoms with van der Waals surface area (Å²) in [6.45, 7) is 1.63. The minimum Gasteiger partial charge on any atom is -0.354 e. The van der Waals surface area contributed by atoms with Crippen LogP contribution in [0, 0.1) is 0 Å². The molecule has 0 radical (unpaired) electrons. The predicted molar refractivity (Wildman–Crippen MR) is 70.2 cm³/mol. The van der Waals surface area contributed by atoms with E-state index >= 15 is 0 Å². The molecule has 3 aromatic rings. The summed E-state index contributed by atoms with van der Waals surface area (Å²) in [7, 11) is 0. The Kier molecular flexibility index (Phi) is 2.22. The zero-order valence-corrected chi connectivity index (χ0v) is 9.66. The van der Waals surface area contributed by atoms with Crippen molar-refractivity contribution in [2.45, 2.75) is 13.3 Å². The summed E-state index contributed by atoms with van der Waals surface area (Å²) in [5.74, 6) is 0.191. The van der Waals surface area contributed by atoms with Gasteiger partial charge in [0, 0.05) is 22.7 Å². The molecular weight excluding hydrogens is 210 g/mol. The fourth-order valence-electron chi connectivity index (χ4n) is 2.35. The van der Waals surface area contributed by atoms with Gasteiger partial charge in [0.2, 0.25) is 0 Å². The van der Waals surface area contributed by atoms with Gasteiger partial charge in [-0.1, -0.05) is 36.4 Å². The van der Waals surface area contributed by atoms with Crippen LogP contribution in [0.3, 0.4) is 0 Å². The monoisotopic (exact) mass is 223 g/mol. The zero-order chi connectivity index (χ0) is 11.8. The summed E-state index contributed by atoms with van der Waals surface area (Å²) >= 11 is 0. The maximum absolute atomic E-state index is 11.3. The van der Waals surface area contributed by atoms with Crippen LogP contribution in [0.25, 0.3) is 21.8 Å². The Bertz CT molecular complexity index is 709. The van der Waals surface area contributed by atoms with Crippen molar-refractivity contribution < 1.29 is 4.79 Å². The first kappa shape index (κ1) is 10.1. The summed E-state index contributed by atoms with van der Waals surface area (Å²) in [5.41, 5.74) is 3.29. The van der Waals surface area contributed by atoms with Crippen molar-refractivity contribution in [3.63, 3.8) is 0 Å². The standard InChI is InChI=1S/C15H13NO/c1-10(17)9-11-5-4-7-13-12-6-2-3-8-14(12)16-15(11)13/h2-8,16H,9H2,1H3. The molecule has 0 unspecified atom stereocenters. The molecule has 0 spiro atoms. The highest BCUT2D eigenvalue weighted by molar-refractivity contribution is 6.08. The van der Waals surface area contributed by atoms with E-state index in [1.165, 1.54) is 10.8 Å². The second kappa shape index (κ2) is 3.74. The highest BCUT2D eigenvalue weighted by Crippen LogP contribution is 2.27. The number of hydrogen-bond acceptors (Lipinski definition) is 1. The molecule has 84 valence electrons. The quantitative estimate of drug-likeness (QED) is 0.709. The van der Waals surface area contributed by atoms with E-state index in [2.05, 4.69) is 23.2 Å². The van der Waals surface area contributed by atoms with Gasteiger partial charge in [0.1, 0.15) is 5.78 Å². The molecule has 1 heterocycles. The number of aromatic nitrogens is 1. The first-order chi connectivity index (χ1) is 8.25. The van der Waals surface area contributed by atoms with Gasteiger partial charge in [0.25, 0.3) is 0 Å². The highest BCUT2D eigenvalue weighted by Gasteiger charge is 2.08. The molecule has 0 saturated carbocycles. The molecule has 0 fully saturated rings. The Morgan fingerprint density at radius 1 is 1.06 bits per heavy atom. The smallest absolute Gasteiger partial charge is 0.134 e. The maximum Gasteiger partial charge on any atom is 0.134 e. The Labute approximate surface area is 99.3 Å². The summed E-state index contributed by atoms with van der Waals surface area (Å²) in [6.07, 6.45) is 0.490. The minimum atomic E-state index is 0.191. The van der Waals surface area contributed by atoms with E-state index in [-0.39, 0.29) is 5.78 Å². The number of Topliss-reactive ketones (excluding diaryl/α,β-unsaturated/α-hetero) is 1. The molecule has 3 rings (SSSR count). The van der Waals surface area contributed by atoms with Crippen LogP contribution in [0.1, 0.15) is 12.5 Å². The number of ketones is 1. The van der Waals surface area contributed by atoms with Gasteiger partial charge in [-0.05, 0) is 18.6 Å². The van der Waals surface area contributed by atoms with Gasteiger partial charge < -0.3 is 4.98 Å². The molecule has 17 heavy (non-hydrogen) atoms. The van der Waals surface area contributed by atoms with Crippen LogP contribution in [-0.4, -0.2) is 10.8 Å². The number of rotatable bonds is 2. The Balaban J connectivity index is 2.35. The zero-order valence-electron chi connectivity index (χ0n) is 9.66. The van der Waals surface area contributed by atoms with Gasteiger partial charge in [-0.25, -0.2) is 0 Å². The lowest BCUT2D eigenvalue weighted by Gasteiger charge is -1.99. The molecule has 0 bridgehead atoms. The van der Waals surface area contributed by atoms with Gasteiger partial charge in [0.05, 0.1) is 5.52 Å². The SMILES string of the molecule is CC(=O)Cc1cccc2c1[nH]c1ccccc12. The van der Waals surface area contributed by atoms with Crippen molar-refractivity contribution in [1.82, 2.24) is 4.98 Å². The Morgan fingerprint density at radius 3 is 2.65 bits per heavy atom. The minimum absolute atomic E-state index is 0.191. The molecule has 0 aliphatic carbocycles. The number of carbonyl (C=O) groups excluding carboxylic acids is 1. The molecule has 1 aromatic heterocycles. The van der Waals surface area contributed by atoms with Crippen molar-refractivity contribution in [3.05, 3.63) is 48.0 Å². The van der Waals surface area contributed by atoms with Crippen molar-refractivity contribution in [1.29, 1.82) is 0 Å². The number of nitrogens with one attached hydrogen (secondary N) is 1. The Hall–Kier alpha value is -2.09. The third-order valence-corrected chi connectivity index (χ3v) is 3.07. The van der Waals surface area contributed by atoms with Crippen LogP contribution in [0.4, 0.5) is 0 Å². The van der Waals surface area contributed by atoms with E-state index < -0.39 is 0 Å². The van der Waals surface area contributed by atoms with Gasteiger partial charge in [-0.2, -0.15) is 0 Å². The molecule has 0 aliphatic rings. The molecule has 1 N–H and O–H groups in total. The van der Waals surface area contributed by atoms with E-state index in [1.807, 2.05) is 24.3 Å². The van der Waals surface area contributed by atoms with Gasteiger partial charge in [0.15, 0.2) is 0 Å². The second-order valence-corrected chi connectivity index (χ2v) is 4.39. The van der Waals surface area contributed by atoms with Gasteiger partial charge in [-0.3, -0.25) is 4.79 Å². The predicted octanol–water partition coefficient (Wildman–Crippen LogP) is 3.45. The average molecular weight is 223 g/mol. The maximum atomic E-state index is 11.3. The highest BCUT2D eigenvalue weighted by atomic mass is 16.1. The van der Waals surface area contributed by atoms with E-state index in [1.54, 1.807) is 6.92 Å². The third kappa shape index (κ3) is 1.62. The molecule has 0 atom stereocenters. The van der Waals surface area contributed by atoms with Gasteiger partial charge >= 0.3 is 0 Å². The van der Waals surface area contributed by atoms with Crippen LogP contribution >= 0.6 is 0 Å². The summed E-state index contributed by atoms with van der Waals surface area (Å²) in [6, 6.07) is 14.3. The first-order valence-corrected chi connectivity index (χ1v) is 5.73. The lowest BCUT2D eigenvalue weighted by Crippen LogP contribution is -1.96. The average Bonchev–Trinajstić information content (AvgIpc) is 2.68. The number of para-hydroxylation sites is 2. The molecule has 0 amide bonds. The normalized spacial score (nSPS) is 11.1. The first-order valence-electron chi connectivity index (χ1n) is 5.73. The van der Waals surface area contributed by atoms with E-state index in [4.69, 9.17) is 0 Å². The summed E-state index contributed by atoms with van der Waals surface area (Å²) in [5, 5.41) is 2.41. The summed E-state index contributed by atoms with van der Waals surface area (Å²) in [4.78, 5) is 14.7. The largest absolute Gasteiger partial charge is 0.354 e. The van der Waals surface area contributed by atoms with Gasteiger partial charge in [-0.15, -0.1) is 0 Å². The third-order valence-electron chi connectivity index (χ3n) is 3.07. The van der Waals surface area contributed by atoms with Crippen LogP contribution in [-0.2, 0) is 11.2 Å². The lowest BCUT2D eigenvalue weighted by atomic mass is 10.1. The van der Waals surface area contributed by atoms with Crippen molar-refractivity contribution >= 4 is 27.6 Å². The fourth-order valence-corrected chi connectivity index (χ4v) is 2.35. The number of H-pyrrole nitrogens is 1. The van der Waals surface area contributed by atoms with Crippen LogP contribution in [0.15, 0.2) is 42.5 Å². The molecule has 2 heteroatoms. The van der Waals surface area contributed by atoms with E-state index in [0.29, 0.717) is 6.42 Å². The molecular formula is C15H13NO. The number of benzene rings is 2. The fraction of sp³-hybridized carbons (Fsp3) is 0.133. The van der Waals surface area contributed by atoms with Crippen molar-refractivity contribution in [2.75, 3.05) is 0 Å². The van der Waals surface area contributed by atoms with E-state index in [0.717, 1.165) is 16.6 Å². The molecule has 0 aliphatic heterocycles. The van der Waals surface area contributed by atoms with Crippen LogP contribution in [0.2, 0.25) is 0 Å². The number of fused-ring (bicyclic) bond motifs is 3.